The Morgan fingerprint density at radius 2 is 1.02 bits per heavy atom. The number of nitrogens with zero attached hydrogens (tertiary/aromatic N) is 3. The van der Waals surface area contributed by atoms with E-state index in [1.807, 2.05) is 38.2 Å². The quantitative estimate of drug-likeness (QED) is 0.175. The lowest BCUT2D eigenvalue weighted by Crippen LogP contribution is -1.97. The van der Waals surface area contributed by atoms with E-state index in [-0.39, 0.29) is 0 Å². The predicted octanol–water partition coefficient (Wildman–Crippen LogP) is 12.5. The highest BCUT2D eigenvalue weighted by Crippen LogP contribution is 2.35. The van der Waals surface area contributed by atoms with E-state index in [2.05, 4.69) is 159 Å². The van der Waals surface area contributed by atoms with Crippen molar-refractivity contribution in [3.63, 3.8) is 0 Å². The highest BCUT2D eigenvalue weighted by molar-refractivity contribution is 5.82. The number of benzene rings is 5. The van der Waals surface area contributed by atoms with Gasteiger partial charge < -0.3 is 0 Å². The first-order chi connectivity index (χ1) is 24.1. The van der Waals surface area contributed by atoms with Crippen LogP contribution in [0.4, 0.5) is 0 Å². The Labute approximate surface area is 290 Å². The average Bonchev–Trinajstić information content (AvgIpc) is 3.17. The molecule has 0 radical (unpaired) electrons. The molecule has 3 heteroatoms. The SMILES string of the molecule is C/C=C\c1cc(-c2cc(-c3ccc(-c4cccnc4C)cc3)cc(-c3nc(-c4ccccc4)cc(-c4ccccc4)n3)c2)ccc1C.CC. The van der Waals surface area contributed by atoms with Gasteiger partial charge in [-0.2, -0.15) is 0 Å². The second kappa shape index (κ2) is 15.3. The summed E-state index contributed by atoms with van der Waals surface area (Å²) in [5.41, 5.74) is 15.1. The molecule has 7 rings (SSSR count). The van der Waals surface area contributed by atoms with Gasteiger partial charge in [-0.15, -0.1) is 0 Å². The Balaban J connectivity index is 0.00000205. The van der Waals surface area contributed by atoms with Crippen molar-refractivity contribution in [1.82, 2.24) is 15.0 Å². The van der Waals surface area contributed by atoms with Crippen LogP contribution in [0, 0.1) is 13.8 Å². The van der Waals surface area contributed by atoms with E-state index >= 15 is 0 Å². The normalized spacial score (nSPS) is 10.9. The molecule has 2 heterocycles. The van der Waals surface area contributed by atoms with E-state index in [4.69, 9.17) is 9.97 Å². The van der Waals surface area contributed by atoms with Gasteiger partial charge in [-0.25, -0.2) is 9.97 Å². The van der Waals surface area contributed by atoms with Crippen LogP contribution in [-0.4, -0.2) is 15.0 Å². The molecule has 3 nitrogen and oxygen atoms in total. The monoisotopic (exact) mass is 635 g/mol. The van der Waals surface area contributed by atoms with Crippen LogP contribution in [0.3, 0.4) is 0 Å². The summed E-state index contributed by atoms with van der Waals surface area (Å²) in [6.07, 6.45) is 6.10. The summed E-state index contributed by atoms with van der Waals surface area (Å²) in [5, 5.41) is 0. The molecule has 0 spiro atoms. The Morgan fingerprint density at radius 3 is 1.61 bits per heavy atom. The zero-order chi connectivity index (χ0) is 34.2. The van der Waals surface area contributed by atoms with Gasteiger partial charge >= 0.3 is 0 Å². The van der Waals surface area contributed by atoms with E-state index in [0.717, 1.165) is 67.2 Å². The van der Waals surface area contributed by atoms with Crippen molar-refractivity contribution in [2.24, 2.45) is 0 Å². The third-order valence-electron chi connectivity index (χ3n) is 8.55. The second-order valence-electron chi connectivity index (χ2n) is 11.8. The lowest BCUT2D eigenvalue weighted by atomic mass is 9.93. The molecule has 0 N–H and O–H groups in total. The minimum absolute atomic E-state index is 0.691. The van der Waals surface area contributed by atoms with Crippen LogP contribution in [0.2, 0.25) is 0 Å². The van der Waals surface area contributed by atoms with Gasteiger partial charge in [-0.3, -0.25) is 4.98 Å². The van der Waals surface area contributed by atoms with Crippen LogP contribution in [0.25, 0.3) is 73.4 Å². The van der Waals surface area contributed by atoms with Gasteiger partial charge in [-0.05, 0) is 96.1 Å². The topological polar surface area (TPSA) is 38.7 Å². The first-order valence-electron chi connectivity index (χ1n) is 17.0. The van der Waals surface area contributed by atoms with Crippen LogP contribution in [-0.2, 0) is 0 Å². The van der Waals surface area contributed by atoms with Crippen molar-refractivity contribution in [3.8, 4) is 67.3 Å². The average molecular weight is 636 g/mol. The first-order valence-corrected chi connectivity index (χ1v) is 17.0. The van der Waals surface area contributed by atoms with Crippen molar-refractivity contribution in [1.29, 1.82) is 0 Å². The molecular formula is C46H41N3. The van der Waals surface area contributed by atoms with Crippen molar-refractivity contribution in [2.45, 2.75) is 34.6 Å². The van der Waals surface area contributed by atoms with Gasteiger partial charge in [0.25, 0.3) is 0 Å². The lowest BCUT2D eigenvalue weighted by Gasteiger charge is -2.14. The molecule has 0 aliphatic carbocycles. The zero-order valence-electron chi connectivity index (χ0n) is 28.9. The molecule has 0 saturated carbocycles. The molecule has 0 atom stereocenters. The minimum atomic E-state index is 0.691. The Bertz CT molecular complexity index is 2140. The van der Waals surface area contributed by atoms with Crippen molar-refractivity contribution < 1.29 is 0 Å². The molecule has 0 aliphatic heterocycles. The molecule has 5 aromatic carbocycles. The first kappa shape index (κ1) is 33.0. The minimum Gasteiger partial charge on any atom is -0.261 e. The van der Waals surface area contributed by atoms with Crippen LogP contribution in [0.5, 0.6) is 0 Å². The van der Waals surface area contributed by atoms with Gasteiger partial charge in [0.2, 0.25) is 0 Å². The van der Waals surface area contributed by atoms with Gasteiger partial charge in [-0.1, -0.05) is 129 Å². The Hall–Kier alpha value is -5.93. The molecular weight excluding hydrogens is 595 g/mol. The molecule has 0 bridgehead atoms. The third-order valence-corrected chi connectivity index (χ3v) is 8.55. The van der Waals surface area contributed by atoms with Crippen molar-refractivity contribution in [3.05, 3.63) is 169 Å². The highest BCUT2D eigenvalue weighted by atomic mass is 14.9. The Morgan fingerprint density at radius 1 is 0.469 bits per heavy atom. The number of pyridine rings is 1. The van der Waals surface area contributed by atoms with Crippen LogP contribution < -0.4 is 0 Å². The summed E-state index contributed by atoms with van der Waals surface area (Å²) in [5.74, 6) is 0.691. The van der Waals surface area contributed by atoms with Crippen molar-refractivity contribution in [2.75, 3.05) is 0 Å². The largest absolute Gasteiger partial charge is 0.261 e. The number of aryl methyl sites for hydroxylation is 2. The van der Waals surface area contributed by atoms with E-state index in [1.165, 1.54) is 11.1 Å². The second-order valence-corrected chi connectivity index (χ2v) is 11.8. The number of hydrogen-bond donors (Lipinski definition) is 0. The predicted molar refractivity (Wildman–Crippen MR) is 208 cm³/mol. The van der Waals surface area contributed by atoms with Crippen LogP contribution in [0.1, 0.15) is 37.6 Å². The van der Waals surface area contributed by atoms with Crippen LogP contribution >= 0.6 is 0 Å². The molecule has 0 saturated heterocycles. The fourth-order valence-electron chi connectivity index (χ4n) is 5.99. The van der Waals surface area contributed by atoms with Gasteiger partial charge in [0.15, 0.2) is 5.82 Å². The van der Waals surface area contributed by atoms with Crippen molar-refractivity contribution >= 4 is 6.08 Å². The van der Waals surface area contributed by atoms with E-state index < -0.39 is 0 Å². The number of hydrogen-bond acceptors (Lipinski definition) is 3. The maximum atomic E-state index is 5.16. The zero-order valence-corrected chi connectivity index (χ0v) is 28.9. The summed E-state index contributed by atoms with van der Waals surface area (Å²) < 4.78 is 0. The molecule has 7 aromatic rings. The summed E-state index contributed by atoms with van der Waals surface area (Å²) in [6.45, 7) is 10.3. The smallest absolute Gasteiger partial charge is 0.160 e. The molecule has 0 fully saturated rings. The maximum absolute atomic E-state index is 5.16. The molecule has 0 aliphatic rings. The molecule has 49 heavy (non-hydrogen) atoms. The van der Waals surface area contributed by atoms with Crippen LogP contribution in [0.15, 0.2) is 152 Å². The highest BCUT2D eigenvalue weighted by Gasteiger charge is 2.14. The molecule has 0 unspecified atom stereocenters. The molecule has 2 aromatic heterocycles. The molecule has 0 amide bonds. The summed E-state index contributed by atoms with van der Waals surface area (Å²) >= 11 is 0. The number of allylic oxidation sites excluding steroid dienone is 1. The van der Waals surface area contributed by atoms with Gasteiger partial charge in [0, 0.05) is 34.1 Å². The third kappa shape index (κ3) is 7.47. The fourth-order valence-corrected chi connectivity index (χ4v) is 5.99. The van der Waals surface area contributed by atoms with E-state index in [9.17, 15) is 0 Å². The standard InChI is InChI=1S/C44H35N3.C2H6/c1-4-12-36-25-37(19-18-30(36)2)39-26-38(32-20-22-33(23-21-32)41-17-11-24-45-31(41)3)27-40(28-39)44-46-42(34-13-7-5-8-14-34)29-43(47-44)35-15-9-6-10-16-35;1-2/h4-29H,1-3H3;1-2H3/b12-4-;. The number of rotatable bonds is 7. The van der Waals surface area contributed by atoms with E-state index in [1.54, 1.807) is 0 Å². The lowest BCUT2D eigenvalue weighted by molar-refractivity contribution is 1.18. The van der Waals surface area contributed by atoms with E-state index in [0.29, 0.717) is 5.82 Å². The molecule has 240 valence electrons. The number of aromatic nitrogens is 3. The summed E-state index contributed by atoms with van der Waals surface area (Å²) in [4.78, 5) is 14.8. The van der Waals surface area contributed by atoms with Gasteiger partial charge in [0.1, 0.15) is 0 Å². The maximum Gasteiger partial charge on any atom is 0.160 e. The summed E-state index contributed by atoms with van der Waals surface area (Å²) in [7, 11) is 0. The fraction of sp³-hybridized carbons (Fsp3) is 0.109. The Kier molecular flexibility index (Phi) is 10.3. The van der Waals surface area contributed by atoms with Gasteiger partial charge in [0.05, 0.1) is 11.4 Å². The summed E-state index contributed by atoms with van der Waals surface area (Å²) in [6, 6.07) is 49.0.